The number of ether oxygens (including phenoxy) is 1. The number of halogens is 1. The van der Waals surface area contributed by atoms with Crippen molar-refractivity contribution in [2.75, 3.05) is 5.32 Å². The molecule has 0 unspecified atom stereocenters. The van der Waals surface area contributed by atoms with E-state index in [0.29, 0.717) is 29.3 Å². The van der Waals surface area contributed by atoms with Crippen LogP contribution in [0.25, 0.3) is 5.69 Å². The Labute approximate surface area is 199 Å². The van der Waals surface area contributed by atoms with Crippen molar-refractivity contribution < 1.29 is 9.53 Å². The number of nitrogens with zero attached hydrogens (tertiary/aromatic N) is 2. The monoisotopic (exact) mass is 503 g/mol. The molecule has 0 bridgehead atoms. The number of benzene rings is 3. The number of carbonyl (C=O) groups is 1. The first-order valence-corrected chi connectivity index (χ1v) is 11.4. The second kappa shape index (κ2) is 8.41. The van der Waals surface area contributed by atoms with E-state index in [9.17, 15) is 9.59 Å². The molecule has 0 saturated carbocycles. The van der Waals surface area contributed by atoms with E-state index in [1.807, 2.05) is 80.6 Å². The zero-order valence-corrected chi connectivity index (χ0v) is 19.8. The number of para-hydroxylation sites is 1. The summed E-state index contributed by atoms with van der Waals surface area (Å²) in [6.07, 6.45) is 0.432. The van der Waals surface area contributed by atoms with Gasteiger partial charge in [0.25, 0.3) is 5.56 Å². The summed E-state index contributed by atoms with van der Waals surface area (Å²) in [6, 6.07) is 20.8. The lowest BCUT2D eigenvalue weighted by Gasteiger charge is -2.20. The number of carbonyl (C=O) groups excluding carboxylic acids is 1. The molecule has 1 aromatic heterocycles. The maximum atomic E-state index is 13.5. The lowest BCUT2D eigenvalue weighted by Crippen LogP contribution is -2.27. The molecule has 1 N–H and O–H groups in total. The molecule has 2 heterocycles. The summed E-state index contributed by atoms with van der Waals surface area (Å²) in [6.45, 7) is 3.91. The minimum atomic E-state index is -0.239. The fraction of sp³-hybridized carbons (Fsp3) is 0.154. The van der Waals surface area contributed by atoms with Gasteiger partial charge in [0, 0.05) is 22.1 Å². The molecule has 7 heteroatoms. The Hall–Kier alpha value is -3.58. The molecule has 0 fully saturated rings. The van der Waals surface area contributed by atoms with E-state index in [2.05, 4.69) is 21.2 Å². The van der Waals surface area contributed by atoms with Crippen molar-refractivity contribution in [2.24, 2.45) is 0 Å². The normalized spacial score (nSPS) is 12.0. The van der Waals surface area contributed by atoms with Gasteiger partial charge in [-0.1, -0.05) is 46.3 Å². The highest BCUT2D eigenvalue weighted by atomic mass is 79.9. The topological polar surface area (TPSA) is 65.3 Å². The van der Waals surface area contributed by atoms with Crippen LogP contribution in [0.1, 0.15) is 22.3 Å². The third kappa shape index (κ3) is 3.89. The van der Waals surface area contributed by atoms with Crippen molar-refractivity contribution in [2.45, 2.75) is 26.8 Å². The average molecular weight is 504 g/mol. The van der Waals surface area contributed by atoms with Crippen LogP contribution < -0.4 is 15.6 Å². The second-order valence-electron chi connectivity index (χ2n) is 8.12. The third-order valence-electron chi connectivity index (χ3n) is 5.95. The van der Waals surface area contributed by atoms with Crippen LogP contribution in [0.5, 0.6) is 11.6 Å². The fourth-order valence-electron chi connectivity index (χ4n) is 4.10. The van der Waals surface area contributed by atoms with Crippen LogP contribution in [-0.2, 0) is 17.8 Å². The summed E-state index contributed by atoms with van der Waals surface area (Å²) < 4.78 is 10.2. The first-order chi connectivity index (χ1) is 15.9. The van der Waals surface area contributed by atoms with Gasteiger partial charge >= 0.3 is 0 Å². The molecule has 166 valence electrons. The number of nitrogens with one attached hydrogen (secondary N) is 1. The van der Waals surface area contributed by atoms with Gasteiger partial charge in [0.2, 0.25) is 11.8 Å². The van der Waals surface area contributed by atoms with Crippen molar-refractivity contribution in [3.8, 4) is 17.3 Å². The van der Waals surface area contributed by atoms with Gasteiger partial charge in [-0.3, -0.25) is 9.59 Å². The number of rotatable bonds is 4. The van der Waals surface area contributed by atoms with Gasteiger partial charge < -0.3 is 10.1 Å². The van der Waals surface area contributed by atoms with E-state index < -0.39 is 0 Å². The Morgan fingerprint density at radius 2 is 1.85 bits per heavy atom. The Bertz CT molecular complexity index is 1440. The van der Waals surface area contributed by atoms with E-state index in [1.54, 1.807) is 4.68 Å². The Kier molecular flexibility index (Phi) is 5.42. The maximum Gasteiger partial charge on any atom is 0.278 e. The average Bonchev–Trinajstić information content (AvgIpc) is 3.06. The van der Waals surface area contributed by atoms with Crippen molar-refractivity contribution in [3.63, 3.8) is 0 Å². The lowest BCUT2D eigenvalue weighted by molar-refractivity contribution is -0.117. The zero-order valence-electron chi connectivity index (χ0n) is 18.3. The van der Waals surface area contributed by atoms with E-state index in [-0.39, 0.29) is 18.0 Å². The van der Waals surface area contributed by atoms with Crippen LogP contribution in [0.3, 0.4) is 0 Å². The lowest BCUT2D eigenvalue weighted by atomic mass is 10.0. The minimum absolute atomic E-state index is 0.0707. The van der Waals surface area contributed by atoms with Crippen LogP contribution in [0.15, 0.2) is 76.0 Å². The number of fused-ring (bicyclic) bond motifs is 2. The van der Waals surface area contributed by atoms with Gasteiger partial charge in [-0.15, -0.1) is 0 Å². The van der Waals surface area contributed by atoms with Gasteiger partial charge in [-0.25, -0.2) is 9.36 Å². The first kappa shape index (κ1) is 21.3. The van der Waals surface area contributed by atoms with E-state index in [1.165, 1.54) is 4.68 Å². The molecule has 1 aliphatic heterocycles. The Balaban J connectivity index is 1.58. The van der Waals surface area contributed by atoms with Crippen LogP contribution in [0, 0.1) is 13.8 Å². The van der Waals surface area contributed by atoms with Gasteiger partial charge in [0.15, 0.2) is 0 Å². The van der Waals surface area contributed by atoms with Gasteiger partial charge in [0.05, 0.1) is 11.3 Å². The molecule has 0 radical (unpaired) electrons. The summed E-state index contributed by atoms with van der Waals surface area (Å²) in [5.74, 6) is 0.839. The molecule has 5 rings (SSSR count). The number of hydrogen-bond acceptors (Lipinski definition) is 3. The summed E-state index contributed by atoms with van der Waals surface area (Å²) in [7, 11) is 0. The molecular formula is C26H22BrN3O3. The molecule has 1 amide bonds. The quantitative estimate of drug-likeness (QED) is 0.359. The van der Waals surface area contributed by atoms with Crippen molar-refractivity contribution in [1.29, 1.82) is 0 Å². The zero-order chi connectivity index (χ0) is 23.1. The molecular weight excluding hydrogens is 482 g/mol. The highest BCUT2D eigenvalue weighted by Gasteiger charge is 2.29. The highest BCUT2D eigenvalue weighted by Crippen LogP contribution is 2.37. The highest BCUT2D eigenvalue weighted by molar-refractivity contribution is 9.10. The van der Waals surface area contributed by atoms with E-state index in [4.69, 9.17) is 4.74 Å². The van der Waals surface area contributed by atoms with Crippen LogP contribution >= 0.6 is 15.9 Å². The van der Waals surface area contributed by atoms with Crippen LogP contribution in [0.4, 0.5) is 5.69 Å². The van der Waals surface area contributed by atoms with Crippen molar-refractivity contribution in [1.82, 2.24) is 9.36 Å². The van der Waals surface area contributed by atoms with Gasteiger partial charge in [0.1, 0.15) is 12.3 Å². The smallest absolute Gasteiger partial charge is 0.278 e. The summed E-state index contributed by atoms with van der Waals surface area (Å²) >= 11 is 3.48. The number of hydrogen-bond donors (Lipinski definition) is 1. The minimum Gasteiger partial charge on any atom is -0.439 e. The third-order valence-corrected chi connectivity index (χ3v) is 6.45. The first-order valence-electron chi connectivity index (χ1n) is 10.6. The predicted octanol–water partition coefficient (Wildman–Crippen LogP) is 5.35. The molecule has 6 nitrogen and oxygen atoms in total. The summed E-state index contributed by atoms with van der Waals surface area (Å²) in [4.78, 5) is 26.6. The molecule has 3 aromatic carbocycles. The molecule has 0 aliphatic carbocycles. The number of aryl methyl sites for hydroxylation is 1. The Morgan fingerprint density at radius 3 is 2.64 bits per heavy atom. The molecule has 4 aromatic rings. The van der Waals surface area contributed by atoms with Crippen molar-refractivity contribution in [3.05, 3.63) is 104 Å². The van der Waals surface area contributed by atoms with Gasteiger partial charge in [-0.2, -0.15) is 0 Å². The van der Waals surface area contributed by atoms with Crippen molar-refractivity contribution >= 4 is 27.5 Å². The number of amides is 1. The second-order valence-corrected chi connectivity index (χ2v) is 9.04. The molecule has 0 spiro atoms. The molecule has 0 atom stereocenters. The van der Waals surface area contributed by atoms with E-state index in [0.717, 1.165) is 26.9 Å². The molecule has 0 saturated heterocycles. The Morgan fingerprint density at radius 1 is 1.06 bits per heavy atom. The number of anilines is 1. The van der Waals surface area contributed by atoms with Gasteiger partial charge in [-0.05, 0) is 61.4 Å². The SMILES string of the molecule is Cc1cccc(NC(=O)Cn2c3c(c(=O)n2-c2ccccc2)Cc2cc(Br)ccc2O3)c1C. The molecule has 1 aliphatic rings. The maximum absolute atomic E-state index is 13.5. The predicted molar refractivity (Wildman–Crippen MR) is 132 cm³/mol. The molecule has 33 heavy (non-hydrogen) atoms. The standard InChI is InChI=1S/C26H22BrN3O3/c1-16-7-6-10-22(17(16)2)28-24(31)15-29-26-21(14-18-13-19(27)11-12-23(18)33-26)25(32)30(29)20-8-4-3-5-9-20/h3-13H,14-15H2,1-2H3,(H,28,31). The van der Waals surface area contributed by atoms with Crippen LogP contribution in [-0.4, -0.2) is 15.3 Å². The van der Waals surface area contributed by atoms with E-state index >= 15 is 0 Å². The number of aromatic nitrogens is 2. The summed E-state index contributed by atoms with van der Waals surface area (Å²) in [5.41, 5.74) is 4.79. The van der Waals surface area contributed by atoms with Crippen LogP contribution in [0.2, 0.25) is 0 Å². The summed E-state index contributed by atoms with van der Waals surface area (Å²) in [5, 5.41) is 2.98. The fourth-order valence-corrected chi connectivity index (χ4v) is 4.51. The largest absolute Gasteiger partial charge is 0.439 e.